The van der Waals surface area contributed by atoms with E-state index in [2.05, 4.69) is 21.3 Å². The highest BCUT2D eigenvalue weighted by Gasteiger charge is 2.19. The van der Waals surface area contributed by atoms with Crippen molar-refractivity contribution in [3.8, 4) is 0 Å². The van der Waals surface area contributed by atoms with Gasteiger partial charge in [-0.2, -0.15) is 0 Å². The van der Waals surface area contributed by atoms with Gasteiger partial charge in [-0.25, -0.2) is 4.79 Å². The first-order valence-electron chi connectivity index (χ1n) is 7.08. The highest BCUT2D eigenvalue weighted by atomic mass is 16.2. The van der Waals surface area contributed by atoms with Crippen LogP contribution < -0.4 is 21.3 Å². The summed E-state index contributed by atoms with van der Waals surface area (Å²) in [5, 5.41) is 10.3. The Morgan fingerprint density at radius 3 is 2.40 bits per heavy atom. The zero-order chi connectivity index (χ0) is 15.0. The molecule has 1 rings (SSSR count). The number of imide groups is 1. The van der Waals surface area contributed by atoms with Crippen LogP contribution in [0.3, 0.4) is 0 Å². The van der Waals surface area contributed by atoms with Crippen molar-refractivity contribution in [2.75, 3.05) is 13.6 Å². The van der Waals surface area contributed by atoms with Crippen LogP contribution in [0.15, 0.2) is 0 Å². The first-order valence-corrected chi connectivity index (χ1v) is 7.08. The lowest BCUT2D eigenvalue weighted by molar-refractivity contribution is -0.122. The third-order valence-corrected chi connectivity index (χ3v) is 3.42. The molecule has 0 aromatic heterocycles. The Hall–Kier alpha value is -1.63. The third kappa shape index (κ3) is 6.01. The fourth-order valence-electron chi connectivity index (χ4n) is 2.12. The summed E-state index contributed by atoms with van der Waals surface area (Å²) in [6, 6.07) is -0.911. The molecule has 1 fully saturated rings. The molecule has 4 N–H and O–H groups in total. The SMILES string of the molecule is CNC(=O)CN[C@@H](C)C(=O)NC(=O)NC1CCCCC1. The molecule has 7 nitrogen and oxygen atoms in total. The second-order valence-electron chi connectivity index (χ2n) is 5.07. The largest absolute Gasteiger partial charge is 0.358 e. The molecule has 0 radical (unpaired) electrons. The monoisotopic (exact) mass is 284 g/mol. The molecule has 0 saturated heterocycles. The lowest BCUT2D eigenvalue weighted by atomic mass is 9.96. The molecule has 20 heavy (non-hydrogen) atoms. The van der Waals surface area contributed by atoms with Crippen LogP contribution in [0.2, 0.25) is 0 Å². The first kappa shape index (κ1) is 16.4. The van der Waals surface area contributed by atoms with Gasteiger partial charge in [0.15, 0.2) is 0 Å². The van der Waals surface area contributed by atoms with Gasteiger partial charge < -0.3 is 10.6 Å². The number of hydrogen-bond acceptors (Lipinski definition) is 4. The molecule has 0 unspecified atom stereocenters. The normalized spacial score (nSPS) is 17.1. The van der Waals surface area contributed by atoms with Gasteiger partial charge in [0.2, 0.25) is 11.8 Å². The fourth-order valence-corrected chi connectivity index (χ4v) is 2.12. The molecule has 7 heteroatoms. The maximum Gasteiger partial charge on any atom is 0.321 e. The van der Waals surface area contributed by atoms with Crippen molar-refractivity contribution in [1.29, 1.82) is 0 Å². The summed E-state index contributed by atoms with van der Waals surface area (Å²) in [4.78, 5) is 34.4. The second kappa shape index (κ2) is 8.52. The van der Waals surface area contributed by atoms with Crippen LogP contribution in [0.4, 0.5) is 4.79 Å². The van der Waals surface area contributed by atoms with Crippen LogP contribution in [0.5, 0.6) is 0 Å². The van der Waals surface area contributed by atoms with Crippen LogP contribution in [0, 0.1) is 0 Å². The molecule has 1 aliphatic carbocycles. The summed E-state index contributed by atoms with van der Waals surface area (Å²) in [6.45, 7) is 1.64. The van der Waals surface area contributed by atoms with Crippen molar-refractivity contribution in [2.24, 2.45) is 0 Å². The molecule has 0 aromatic rings. The molecule has 0 spiro atoms. The van der Waals surface area contributed by atoms with E-state index in [1.54, 1.807) is 6.92 Å². The summed E-state index contributed by atoms with van der Waals surface area (Å²) in [6.07, 6.45) is 5.36. The van der Waals surface area contributed by atoms with Gasteiger partial charge in [0.25, 0.3) is 0 Å². The van der Waals surface area contributed by atoms with Gasteiger partial charge in [-0.1, -0.05) is 19.3 Å². The van der Waals surface area contributed by atoms with Crippen molar-refractivity contribution in [3.63, 3.8) is 0 Å². The molecule has 0 bridgehead atoms. The maximum absolute atomic E-state index is 11.7. The van der Waals surface area contributed by atoms with E-state index in [1.165, 1.54) is 13.5 Å². The fraction of sp³-hybridized carbons (Fsp3) is 0.769. The molecular weight excluding hydrogens is 260 g/mol. The van der Waals surface area contributed by atoms with E-state index in [1.807, 2.05) is 0 Å². The quantitative estimate of drug-likeness (QED) is 0.565. The number of amides is 4. The van der Waals surface area contributed by atoms with E-state index in [0.29, 0.717) is 0 Å². The first-order chi connectivity index (χ1) is 9.52. The number of carbonyl (C=O) groups excluding carboxylic acids is 3. The topological polar surface area (TPSA) is 99.3 Å². The minimum Gasteiger partial charge on any atom is -0.358 e. The smallest absolute Gasteiger partial charge is 0.321 e. The van der Waals surface area contributed by atoms with Gasteiger partial charge in [-0.15, -0.1) is 0 Å². The van der Waals surface area contributed by atoms with Crippen molar-refractivity contribution < 1.29 is 14.4 Å². The van der Waals surface area contributed by atoms with E-state index in [-0.39, 0.29) is 18.5 Å². The van der Waals surface area contributed by atoms with Crippen molar-refractivity contribution in [1.82, 2.24) is 21.3 Å². The van der Waals surface area contributed by atoms with Gasteiger partial charge in [0, 0.05) is 13.1 Å². The number of likely N-dealkylation sites (N-methyl/N-ethyl adjacent to an activating group) is 1. The van der Waals surface area contributed by atoms with E-state index in [0.717, 1.165) is 25.7 Å². The van der Waals surface area contributed by atoms with Gasteiger partial charge in [-0.3, -0.25) is 20.2 Å². The molecular formula is C13H24N4O3. The number of hydrogen-bond donors (Lipinski definition) is 4. The summed E-state index contributed by atoms with van der Waals surface area (Å²) >= 11 is 0. The Morgan fingerprint density at radius 1 is 1.15 bits per heavy atom. The van der Waals surface area contributed by atoms with Crippen LogP contribution in [-0.2, 0) is 9.59 Å². The van der Waals surface area contributed by atoms with Gasteiger partial charge >= 0.3 is 6.03 Å². The van der Waals surface area contributed by atoms with E-state index in [4.69, 9.17) is 0 Å². The predicted molar refractivity (Wildman–Crippen MR) is 75.1 cm³/mol. The predicted octanol–water partition coefficient (Wildman–Crippen LogP) is -0.131. The summed E-state index contributed by atoms with van der Waals surface area (Å²) < 4.78 is 0. The third-order valence-electron chi connectivity index (χ3n) is 3.42. The van der Waals surface area contributed by atoms with Gasteiger partial charge in [-0.05, 0) is 19.8 Å². The number of urea groups is 1. The molecule has 0 heterocycles. The van der Waals surface area contributed by atoms with Crippen molar-refractivity contribution in [3.05, 3.63) is 0 Å². The van der Waals surface area contributed by atoms with Crippen molar-refractivity contribution >= 4 is 17.8 Å². The molecule has 1 aliphatic rings. The zero-order valence-electron chi connectivity index (χ0n) is 12.1. The van der Waals surface area contributed by atoms with E-state index >= 15 is 0 Å². The Labute approximate surface area is 119 Å². The molecule has 0 aliphatic heterocycles. The Balaban J connectivity index is 2.25. The molecule has 4 amide bonds. The van der Waals surface area contributed by atoms with Gasteiger partial charge in [0.1, 0.15) is 0 Å². The van der Waals surface area contributed by atoms with Crippen LogP contribution in [0.1, 0.15) is 39.0 Å². The van der Waals surface area contributed by atoms with Crippen LogP contribution in [0.25, 0.3) is 0 Å². The van der Waals surface area contributed by atoms with Crippen LogP contribution in [-0.4, -0.2) is 43.5 Å². The van der Waals surface area contributed by atoms with E-state index < -0.39 is 18.0 Å². The molecule has 1 saturated carbocycles. The number of nitrogens with one attached hydrogen (secondary N) is 4. The van der Waals surface area contributed by atoms with Crippen molar-refractivity contribution in [2.45, 2.75) is 51.1 Å². The standard InChI is InChI=1S/C13H24N4O3/c1-9(15-8-11(18)14-2)12(19)17-13(20)16-10-6-4-3-5-7-10/h9-10,15H,3-8H2,1-2H3,(H,14,18)(H2,16,17,19,20)/t9-/m0/s1. The lowest BCUT2D eigenvalue weighted by Crippen LogP contribution is -2.51. The number of carbonyl (C=O) groups is 3. The average Bonchev–Trinajstić information content (AvgIpc) is 2.45. The summed E-state index contributed by atoms with van der Waals surface area (Å²) in [5.74, 6) is -0.654. The molecule has 114 valence electrons. The highest BCUT2D eigenvalue weighted by molar-refractivity contribution is 5.97. The summed E-state index contributed by atoms with van der Waals surface area (Å²) in [7, 11) is 1.52. The Bertz CT molecular complexity index is 354. The van der Waals surface area contributed by atoms with E-state index in [9.17, 15) is 14.4 Å². The Kier molecular flexibility index (Phi) is 7.00. The Morgan fingerprint density at radius 2 is 1.80 bits per heavy atom. The summed E-state index contributed by atoms with van der Waals surface area (Å²) in [5.41, 5.74) is 0. The minimum absolute atomic E-state index is 0.0370. The maximum atomic E-state index is 11.7. The van der Waals surface area contributed by atoms with Gasteiger partial charge in [0.05, 0.1) is 12.6 Å². The average molecular weight is 284 g/mol. The second-order valence-corrected chi connectivity index (χ2v) is 5.07. The zero-order valence-corrected chi connectivity index (χ0v) is 12.1. The highest BCUT2D eigenvalue weighted by Crippen LogP contribution is 2.17. The van der Waals surface area contributed by atoms with Crippen LogP contribution >= 0.6 is 0 Å². The lowest BCUT2D eigenvalue weighted by Gasteiger charge is -2.23. The minimum atomic E-state index is -0.607. The molecule has 0 aromatic carbocycles. The number of rotatable bonds is 5. The molecule has 1 atom stereocenters.